The van der Waals surface area contributed by atoms with Crippen molar-refractivity contribution in [3.63, 3.8) is 0 Å². The molecule has 0 bridgehead atoms. The summed E-state index contributed by atoms with van der Waals surface area (Å²) in [7, 11) is 0. The molecule has 1 saturated heterocycles. The molecule has 1 N–H and O–H groups in total. The SMILES string of the molecule is CC1CCN(c2ccc(C(=O)NCCc3cccs3)cc2[N+](=O)[O-])CC1. The van der Waals surface area contributed by atoms with Crippen molar-refractivity contribution in [3.8, 4) is 0 Å². The number of nitrogens with one attached hydrogen (secondary N) is 1. The molecule has 1 aliphatic rings. The highest BCUT2D eigenvalue weighted by molar-refractivity contribution is 7.09. The number of hydrogen-bond donors (Lipinski definition) is 1. The molecule has 0 radical (unpaired) electrons. The van der Waals surface area contributed by atoms with Gasteiger partial charge in [-0.05, 0) is 48.8 Å². The molecule has 1 aliphatic heterocycles. The van der Waals surface area contributed by atoms with E-state index in [1.807, 2.05) is 17.5 Å². The Bertz CT molecular complexity index is 768. The lowest BCUT2D eigenvalue weighted by atomic mass is 9.98. The van der Waals surface area contributed by atoms with Crippen LogP contribution in [0.2, 0.25) is 0 Å². The first-order chi connectivity index (χ1) is 12.5. The summed E-state index contributed by atoms with van der Waals surface area (Å²) < 4.78 is 0. The molecular formula is C19H23N3O3S. The molecule has 1 aromatic heterocycles. The summed E-state index contributed by atoms with van der Waals surface area (Å²) in [5.41, 5.74) is 0.944. The van der Waals surface area contributed by atoms with Gasteiger partial charge in [-0.1, -0.05) is 13.0 Å². The molecule has 0 spiro atoms. The van der Waals surface area contributed by atoms with Crippen LogP contribution in [-0.2, 0) is 6.42 Å². The van der Waals surface area contributed by atoms with Crippen LogP contribution in [0.25, 0.3) is 0 Å². The Morgan fingerprint density at radius 1 is 1.35 bits per heavy atom. The molecule has 1 fully saturated rings. The second-order valence-corrected chi connectivity index (χ2v) is 7.75. The van der Waals surface area contributed by atoms with E-state index in [9.17, 15) is 14.9 Å². The summed E-state index contributed by atoms with van der Waals surface area (Å²) in [6.07, 6.45) is 2.82. The molecule has 26 heavy (non-hydrogen) atoms. The standard InChI is InChI=1S/C19H23N3O3S/c1-14-7-10-21(11-8-14)17-5-4-15(13-18(17)22(24)25)19(23)20-9-6-16-3-2-12-26-16/h2-5,12-14H,6-11H2,1H3,(H,20,23). The Labute approximate surface area is 157 Å². The van der Waals surface area contributed by atoms with Crippen molar-refractivity contribution in [2.24, 2.45) is 5.92 Å². The summed E-state index contributed by atoms with van der Waals surface area (Å²) in [5.74, 6) is 0.377. The number of nitrogens with zero attached hydrogens (tertiary/aromatic N) is 2. The quantitative estimate of drug-likeness (QED) is 0.616. The number of nitro groups is 1. The number of hydrogen-bond acceptors (Lipinski definition) is 5. The molecule has 0 atom stereocenters. The molecule has 3 rings (SSSR count). The number of rotatable bonds is 6. The number of carbonyl (C=O) groups is 1. The largest absolute Gasteiger partial charge is 0.366 e. The zero-order chi connectivity index (χ0) is 18.5. The Kier molecular flexibility index (Phi) is 5.88. The van der Waals surface area contributed by atoms with E-state index in [4.69, 9.17) is 0 Å². The van der Waals surface area contributed by atoms with Gasteiger partial charge in [-0.15, -0.1) is 11.3 Å². The van der Waals surface area contributed by atoms with E-state index >= 15 is 0 Å². The van der Waals surface area contributed by atoms with E-state index < -0.39 is 4.92 Å². The van der Waals surface area contributed by atoms with Gasteiger partial charge in [-0.3, -0.25) is 14.9 Å². The van der Waals surface area contributed by atoms with Crippen LogP contribution in [0.5, 0.6) is 0 Å². The minimum absolute atomic E-state index is 0.00506. The second-order valence-electron chi connectivity index (χ2n) is 6.72. The molecule has 1 amide bonds. The van der Waals surface area contributed by atoms with Crippen molar-refractivity contribution in [2.75, 3.05) is 24.5 Å². The molecule has 138 valence electrons. The third kappa shape index (κ3) is 4.40. The Balaban J connectivity index is 1.69. The van der Waals surface area contributed by atoms with Crippen molar-refractivity contribution >= 4 is 28.6 Å². The minimum Gasteiger partial charge on any atom is -0.366 e. The molecule has 7 heteroatoms. The van der Waals surface area contributed by atoms with E-state index in [-0.39, 0.29) is 11.6 Å². The summed E-state index contributed by atoms with van der Waals surface area (Å²) in [6.45, 7) is 4.34. The molecule has 2 aromatic rings. The van der Waals surface area contributed by atoms with Gasteiger partial charge in [0.2, 0.25) is 0 Å². The van der Waals surface area contributed by atoms with Crippen LogP contribution in [0.15, 0.2) is 35.7 Å². The predicted octanol–water partition coefficient (Wildman–Crippen LogP) is 3.87. The van der Waals surface area contributed by atoms with E-state index in [0.717, 1.165) is 32.4 Å². The number of nitro benzene ring substituents is 1. The maximum atomic E-state index is 12.3. The maximum absolute atomic E-state index is 12.3. The maximum Gasteiger partial charge on any atom is 0.293 e. The minimum atomic E-state index is -0.393. The van der Waals surface area contributed by atoms with Gasteiger partial charge in [0.25, 0.3) is 11.6 Å². The number of carbonyl (C=O) groups excluding carboxylic acids is 1. The number of thiophene rings is 1. The fourth-order valence-corrected chi connectivity index (χ4v) is 3.89. The smallest absolute Gasteiger partial charge is 0.293 e. The van der Waals surface area contributed by atoms with Gasteiger partial charge >= 0.3 is 0 Å². The van der Waals surface area contributed by atoms with Crippen molar-refractivity contribution < 1.29 is 9.72 Å². The fourth-order valence-electron chi connectivity index (χ4n) is 3.18. The van der Waals surface area contributed by atoms with Gasteiger partial charge in [0.1, 0.15) is 5.69 Å². The highest BCUT2D eigenvalue weighted by atomic mass is 32.1. The number of piperidine rings is 1. The summed E-state index contributed by atoms with van der Waals surface area (Å²) >= 11 is 1.65. The monoisotopic (exact) mass is 373 g/mol. The Hall–Kier alpha value is -2.41. The highest BCUT2D eigenvalue weighted by Gasteiger charge is 2.24. The van der Waals surface area contributed by atoms with E-state index in [2.05, 4.69) is 17.1 Å². The van der Waals surface area contributed by atoms with Crippen molar-refractivity contribution in [1.29, 1.82) is 0 Å². The van der Waals surface area contributed by atoms with E-state index in [0.29, 0.717) is 23.7 Å². The highest BCUT2D eigenvalue weighted by Crippen LogP contribution is 2.32. The number of amides is 1. The molecule has 1 aromatic carbocycles. The van der Waals surface area contributed by atoms with Gasteiger partial charge < -0.3 is 10.2 Å². The lowest BCUT2D eigenvalue weighted by Crippen LogP contribution is -2.33. The Morgan fingerprint density at radius 2 is 2.12 bits per heavy atom. The van der Waals surface area contributed by atoms with Gasteiger partial charge in [-0.25, -0.2) is 0 Å². The van der Waals surface area contributed by atoms with Gasteiger partial charge in [0.15, 0.2) is 0 Å². The van der Waals surface area contributed by atoms with Crippen molar-refractivity contribution in [1.82, 2.24) is 5.32 Å². The molecular weight excluding hydrogens is 350 g/mol. The normalized spacial score (nSPS) is 15.0. The first kappa shape index (κ1) is 18.4. The van der Waals surface area contributed by atoms with Gasteiger partial charge in [0, 0.05) is 36.1 Å². The van der Waals surface area contributed by atoms with Crippen LogP contribution in [0.4, 0.5) is 11.4 Å². The zero-order valence-corrected chi connectivity index (χ0v) is 15.6. The zero-order valence-electron chi connectivity index (χ0n) is 14.8. The van der Waals surface area contributed by atoms with Crippen LogP contribution in [0.3, 0.4) is 0 Å². The third-order valence-corrected chi connectivity index (χ3v) is 5.73. The van der Waals surface area contributed by atoms with Crippen LogP contribution >= 0.6 is 11.3 Å². The summed E-state index contributed by atoms with van der Waals surface area (Å²) in [6, 6.07) is 8.79. The van der Waals surface area contributed by atoms with Gasteiger partial charge in [-0.2, -0.15) is 0 Å². The van der Waals surface area contributed by atoms with E-state index in [1.54, 1.807) is 23.5 Å². The van der Waals surface area contributed by atoms with Crippen LogP contribution < -0.4 is 10.2 Å². The fraction of sp³-hybridized carbons (Fsp3) is 0.421. The van der Waals surface area contributed by atoms with Crippen LogP contribution in [0, 0.1) is 16.0 Å². The lowest BCUT2D eigenvalue weighted by molar-refractivity contribution is -0.384. The third-order valence-electron chi connectivity index (χ3n) is 4.80. The van der Waals surface area contributed by atoms with Crippen molar-refractivity contribution in [2.45, 2.75) is 26.2 Å². The summed E-state index contributed by atoms with van der Waals surface area (Å²) in [5, 5.41) is 16.4. The molecule has 0 saturated carbocycles. The molecule has 0 aliphatic carbocycles. The second kappa shape index (κ2) is 8.31. The lowest BCUT2D eigenvalue weighted by Gasteiger charge is -2.31. The average molecular weight is 373 g/mol. The Morgan fingerprint density at radius 3 is 2.77 bits per heavy atom. The average Bonchev–Trinajstić information content (AvgIpc) is 3.15. The predicted molar refractivity (Wildman–Crippen MR) is 104 cm³/mol. The number of benzene rings is 1. The first-order valence-electron chi connectivity index (χ1n) is 8.88. The number of anilines is 1. The summed E-state index contributed by atoms with van der Waals surface area (Å²) in [4.78, 5) is 26.7. The van der Waals surface area contributed by atoms with Crippen LogP contribution in [0.1, 0.15) is 35.0 Å². The molecule has 2 heterocycles. The van der Waals surface area contributed by atoms with E-state index in [1.165, 1.54) is 10.9 Å². The topological polar surface area (TPSA) is 75.5 Å². The molecule has 0 unspecified atom stereocenters. The van der Waals surface area contributed by atoms with Gasteiger partial charge in [0.05, 0.1) is 4.92 Å². The first-order valence-corrected chi connectivity index (χ1v) is 9.76. The van der Waals surface area contributed by atoms with Crippen LogP contribution in [-0.4, -0.2) is 30.5 Å². The molecule has 6 nitrogen and oxygen atoms in total. The van der Waals surface area contributed by atoms with Crippen molar-refractivity contribution in [3.05, 3.63) is 56.3 Å².